The number of rotatable bonds is 7. The minimum Gasteiger partial charge on any atom is -0.355 e. The Kier molecular flexibility index (Phi) is 7.21. The van der Waals surface area contributed by atoms with Crippen LogP contribution in [-0.2, 0) is 11.2 Å². The lowest BCUT2D eigenvalue weighted by atomic mass is 10.1. The van der Waals surface area contributed by atoms with Gasteiger partial charge in [0.05, 0.1) is 10.0 Å². The topological polar surface area (TPSA) is 29.1 Å². The number of benzene rings is 1. The van der Waals surface area contributed by atoms with E-state index in [2.05, 4.69) is 5.32 Å². The molecule has 5 heteroatoms. The zero-order valence-electron chi connectivity index (χ0n) is 12.0. The second-order valence-corrected chi connectivity index (χ2v) is 7.60. The van der Waals surface area contributed by atoms with Crippen LogP contribution in [0.1, 0.15) is 37.7 Å². The first kappa shape index (κ1) is 17.0. The standard InChI is InChI=1S/C16H21Cl2NOS/c17-14-7-5-12(11-15(14)18)6-8-16(20)19-9-10-21-13-3-1-2-4-13/h5,7,11,13H,1-4,6,8-10H2,(H,19,20). The van der Waals surface area contributed by atoms with Gasteiger partial charge in [-0.15, -0.1) is 0 Å². The van der Waals surface area contributed by atoms with E-state index in [0.29, 0.717) is 22.9 Å². The van der Waals surface area contributed by atoms with E-state index in [1.807, 2.05) is 23.9 Å². The fourth-order valence-electron chi connectivity index (χ4n) is 2.51. The summed E-state index contributed by atoms with van der Waals surface area (Å²) in [6.07, 6.45) is 6.61. The van der Waals surface area contributed by atoms with Crippen LogP contribution in [0.15, 0.2) is 18.2 Å². The van der Waals surface area contributed by atoms with E-state index in [1.165, 1.54) is 25.7 Å². The highest BCUT2D eigenvalue weighted by molar-refractivity contribution is 7.99. The van der Waals surface area contributed by atoms with Gasteiger partial charge in [0, 0.05) is 24.0 Å². The van der Waals surface area contributed by atoms with E-state index in [9.17, 15) is 4.79 Å². The summed E-state index contributed by atoms with van der Waals surface area (Å²) in [5, 5.41) is 4.90. The molecule has 1 aromatic carbocycles. The maximum Gasteiger partial charge on any atom is 0.220 e. The molecule has 0 radical (unpaired) electrons. The SMILES string of the molecule is O=C(CCc1ccc(Cl)c(Cl)c1)NCCSC1CCCC1. The van der Waals surface area contributed by atoms with E-state index >= 15 is 0 Å². The predicted molar refractivity (Wildman–Crippen MR) is 92.5 cm³/mol. The fourth-order valence-corrected chi connectivity index (χ4v) is 4.05. The number of aryl methyl sites for hydroxylation is 1. The van der Waals surface area contributed by atoms with Crippen LogP contribution >= 0.6 is 35.0 Å². The van der Waals surface area contributed by atoms with Gasteiger partial charge in [-0.25, -0.2) is 0 Å². The van der Waals surface area contributed by atoms with Crippen molar-refractivity contribution in [1.29, 1.82) is 0 Å². The summed E-state index contributed by atoms with van der Waals surface area (Å²) in [6, 6.07) is 5.51. The van der Waals surface area contributed by atoms with Crippen LogP contribution in [0.4, 0.5) is 0 Å². The summed E-state index contributed by atoms with van der Waals surface area (Å²) in [5.41, 5.74) is 1.04. The van der Waals surface area contributed by atoms with Crippen molar-refractivity contribution in [2.45, 2.75) is 43.8 Å². The first-order chi connectivity index (χ1) is 10.1. The Morgan fingerprint density at radius 1 is 1.24 bits per heavy atom. The van der Waals surface area contributed by atoms with Crippen LogP contribution in [0.25, 0.3) is 0 Å². The van der Waals surface area contributed by atoms with E-state index in [0.717, 1.165) is 23.1 Å². The molecule has 21 heavy (non-hydrogen) atoms. The number of carbonyl (C=O) groups excluding carboxylic acids is 1. The quantitative estimate of drug-likeness (QED) is 0.724. The van der Waals surface area contributed by atoms with Crippen LogP contribution in [0.5, 0.6) is 0 Å². The largest absolute Gasteiger partial charge is 0.355 e. The molecule has 1 aromatic rings. The molecule has 1 aliphatic carbocycles. The third kappa shape index (κ3) is 6.09. The van der Waals surface area contributed by atoms with Crippen molar-refractivity contribution in [2.24, 2.45) is 0 Å². The van der Waals surface area contributed by atoms with E-state index < -0.39 is 0 Å². The van der Waals surface area contributed by atoms with Crippen LogP contribution in [0.2, 0.25) is 10.0 Å². The van der Waals surface area contributed by atoms with Gasteiger partial charge in [-0.2, -0.15) is 11.8 Å². The third-order valence-corrected chi connectivity index (χ3v) is 5.83. The molecule has 1 saturated carbocycles. The molecule has 1 amide bonds. The minimum atomic E-state index is 0.105. The Morgan fingerprint density at radius 2 is 2.00 bits per heavy atom. The molecular weight excluding hydrogens is 325 g/mol. The molecule has 116 valence electrons. The molecule has 2 nitrogen and oxygen atoms in total. The van der Waals surface area contributed by atoms with Gasteiger partial charge in [-0.05, 0) is 37.0 Å². The van der Waals surface area contributed by atoms with Gasteiger partial charge in [0.2, 0.25) is 5.91 Å². The van der Waals surface area contributed by atoms with E-state index in [4.69, 9.17) is 23.2 Å². The molecular formula is C16H21Cl2NOS. The number of hydrogen-bond donors (Lipinski definition) is 1. The summed E-state index contributed by atoms with van der Waals surface area (Å²) in [6.45, 7) is 0.765. The lowest BCUT2D eigenvalue weighted by molar-refractivity contribution is -0.120. The lowest BCUT2D eigenvalue weighted by Gasteiger charge is -2.09. The summed E-state index contributed by atoms with van der Waals surface area (Å²) >= 11 is 13.8. The zero-order valence-corrected chi connectivity index (χ0v) is 14.4. The molecule has 0 saturated heterocycles. The average molecular weight is 346 g/mol. The fraction of sp³-hybridized carbons (Fsp3) is 0.562. The molecule has 1 aliphatic rings. The molecule has 0 heterocycles. The van der Waals surface area contributed by atoms with Crippen molar-refractivity contribution in [2.75, 3.05) is 12.3 Å². The maximum absolute atomic E-state index is 11.8. The summed E-state index contributed by atoms with van der Waals surface area (Å²) < 4.78 is 0. The number of hydrogen-bond acceptors (Lipinski definition) is 2. The number of carbonyl (C=O) groups is 1. The Labute approximate surface area is 141 Å². The van der Waals surface area contributed by atoms with E-state index in [1.54, 1.807) is 6.07 Å². The number of amides is 1. The lowest BCUT2D eigenvalue weighted by Crippen LogP contribution is -2.26. The van der Waals surface area contributed by atoms with Crippen LogP contribution in [0, 0.1) is 0 Å². The molecule has 2 rings (SSSR count). The molecule has 0 aromatic heterocycles. The molecule has 0 unspecified atom stereocenters. The van der Waals surface area contributed by atoms with E-state index in [-0.39, 0.29) is 5.91 Å². The first-order valence-corrected chi connectivity index (χ1v) is 9.28. The van der Waals surface area contributed by atoms with Crippen LogP contribution < -0.4 is 5.32 Å². The highest BCUT2D eigenvalue weighted by Crippen LogP contribution is 2.28. The Balaban J connectivity index is 1.59. The van der Waals surface area contributed by atoms with Gasteiger partial charge < -0.3 is 5.32 Å². The normalized spacial score (nSPS) is 15.3. The Hall–Kier alpha value is -0.380. The summed E-state index contributed by atoms with van der Waals surface area (Å²) in [4.78, 5) is 11.8. The van der Waals surface area contributed by atoms with Crippen molar-refractivity contribution < 1.29 is 4.79 Å². The molecule has 1 fully saturated rings. The summed E-state index contributed by atoms with van der Waals surface area (Å²) in [7, 11) is 0. The Bertz CT molecular complexity index is 475. The number of thioether (sulfide) groups is 1. The number of halogens is 2. The first-order valence-electron chi connectivity index (χ1n) is 7.47. The van der Waals surface area contributed by atoms with Crippen molar-refractivity contribution in [3.8, 4) is 0 Å². The van der Waals surface area contributed by atoms with Crippen molar-refractivity contribution >= 4 is 40.9 Å². The minimum absolute atomic E-state index is 0.105. The molecule has 0 bridgehead atoms. The van der Waals surface area contributed by atoms with Gasteiger partial charge >= 0.3 is 0 Å². The monoisotopic (exact) mass is 345 g/mol. The van der Waals surface area contributed by atoms with Gasteiger partial charge in [0.15, 0.2) is 0 Å². The zero-order chi connectivity index (χ0) is 15.1. The van der Waals surface area contributed by atoms with Gasteiger partial charge in [0.1, 0.15) is 0 Å². The highest BCUT2D eigenvalue weighted by Gasteiger charge is 2.14. The smallest absolute Gasteiger partial charge is 0.220 e. The van der Waals surface area contributed by atoms with Gasteiger partial charge in [0.25, 0.3) is 0 Å². The van der Waals surface area contributed by atoms with Crippen molar-refractivity contribution in [3.05, 3.63) is 33.8 Å². The summed E-state index contributed by atoms with van der Waals surface area (Å²) in [5.74, 6) is 1.12. The second kappa shape index (κ2) is 8.92. The molecule has 0 spiro atoms. The highest BCUT2D eigenvalue weighted by atomic mass is 35.5. The Morgan fingerprint density at radius 3 is 2.71 bits per heavy atom. The number of nitrogens with one attached hydrogen (secondary N) is 1. The molecule has 0 atom stereocenters. The molecule has 1 N–H and O–H groups in total. The van der Waals surface area contributed by atoms with Crippen LogP contribution in [0.3, 0.4) is 0 Å². The third-order valence-electron chi connectivity index (χ3n) is 3.70. The second-order valence-electron chi connectivity index (χ2n) is 5.38. The predicted octanol–water partition coefficient (Wildman–Crippen LogP) is 4.72. The molecule has 0 aliphatic heterocycles. The van der Waals surface area contributed by atoms with Crippen molar-refractivity contribution in [1.82, 2.24) is 5.32 Å². The van der Waals surface area contributed by atoms with Gasteiger partial charge in [-0.1, -0.05) is 42.1 Å². The van der Waals surface area contributed by atoms with Crippen molar-refractivity contribution in [3.63, 3.8) is 0 Å². The van der Waals surface area contributed by atoms with Gasteiger partial charge in [-0.3, -0.25) is 4.79 Å². The van der Waals surface area contributed by atoms with Crippen LogP contribution in [-0.4, -0.2) is 23.5 Å². The average Bonchev–Trinajstić information content (AvgIpc) is 2.98. The maximum atomic E-state index is 11.8.